The lowest BCUT2D eigenvalue weighted by Gasteiger charge is -2.24. The van der Waals surface area contributed by atoms with E-state index < -0.39 is 11.3 Å². The lowest BCUT2D eigenvalue weighted by Crippen LogP contribution is -2.42. The van der Waals surface area contributed by atoms with Gasteiger partial charge in [0, 0.05) is 31.1 Å². The van der Waals surface area contributed by atoms with Gasteiger partial charge in [-0.05, 0) is 44.5 Å². The normalized spacial score (nSPS) is 18.7. The lowest BCUT2D eigenvalue weighted by atomic mass is 9.82. The number of nitrogens with zero attached hydrogens (tertiary/aromatic N) is 3. The van der Waals surface area contributed by atoms with Crippen LogP contribution in [0.1, 0.15) is 32.6 Å². The summed E-state index contributed by atoms with van der Waals surface area (Å²) in [5, 5.41) is 4.85. The molecule has 0 spiro atoms. The van der Waals surface area contributed by atoms with Crippen LogP contribution in [-0.4, -0.2) is 39.9 Å². The zero-order valence-corrected chi connectivity index (χ0v) is 17.5. The van der Waals surface area contributed by atoms with Crippen LogP contribution in [0.25, 0.3) is 11.3 Å². The van der Waals surface area contributed by atoms with Crippen molar-refractivity contribution in [3.05, 3.63) is 57.5 Å². The Morgan fingerprint density at radius 2 is 2.03 bits per heavy atom. The maximum atomic E-state index is 13.1. The van der Waals surface area contributed by atoms with E-state index in [1.165, 1.54) is 23.5 Å². The molecule has 1 aromatic carbocycles. The second-order valence-corrected chi connectivity index (χ2v) is 8.83. The molecule has 0 aliphatic carbocycles. The molecule has 1 atom stereocenters. The standard InChI is InChI=1S/C21H21FN4O3S/c1-12-18(30-13(2)24-12)19(27)26-8-7-21(11-26,20(23)28)10-16-9-17(25-29-16)14-3-5-15(22)6-4-14/h3-6,9H,7-8,10-11H2,1-2H3,(H2,23,28). The maximum Gasteiger partial charge on any atom is 0.265 e. The zero-order valence-electron chi connectivity index (χ0n) is 16.6. The van der Waals surface area contributed by atoms with Crippen molar-refractivity contribution >= 4 is 23.2 Å². The predicted molar refractivity (Wildman–Crippen MR) is 109 cm³/mol. The molecule has 0 saturated carbocycles. The van der Waals surface area contributed by atoms with Gasteiger partial charge >= 0.3 is 0 Å². The summed E-state index contributed by atoms with van der Waals surface area (Å²) in [5.41, 5.74) is 6.78. The van der Waals surface area contributed by atoms with Crippen LogP contribution in [0, 0.1) is 25.1 Å². The Balaban J connectivity index is 1.53. The number of primary amides is 1. The van der Waals surface area contributed by atoms with E-state index in [0.717, 1.165) is 5.01 Å². The van der Waals surface area contributed by atoms with Crippen molar-refractivity contribution in [2.75, 3.05) is 13.1 Å². The zero-order chi connectivity index (χ0) is 21.5. The fourth-order valence-electron chi connectivity index (χ4n) is 3.84. The molecule has 9 heteroatoms. The van der Waals surface area contributed by atoms with Crippen LogP contribution in [0.3, 0.4) is 0 Å². The van der Waals surface area contributed by atoms with E-state index in [1.54, 1.807) is 30.0 Å². The van der Waals surface area contributed by atoms with E-state index in [1.807, 2.05) is 6.92 Å². The van der Waals surface area contributed by atoms with Crippen molar-refractivity contribution in [1.82, 2.24) is 15.0 Å². The van der Waals surface area contributed by atoms with Gasteiger partial charge in [-0.3, -0.25) is 9.59 Å². The SMILES string of the molecule is Cc1nc(C)c(C(=O)N2CCC(Cc3cc(-c4ccc(F)cc4)no3)(C(N)=O)C2)s1. The first-order chi connectivity index (χ1) is 14.3. The number of hydrogen-bond acceptors (Lipinski definition) is 6. The molecule has 156 valence electrons. The number of likely N-dealkylation sites (tertiary alicyclic amines) is 1. The number of benzene rings is 1. The summed E-state index contributed by atoms with van der Waals surface area (Å²) >= 11 is 1.35. The van der Waals surface area contributed by atoms with Crippen LogP contribution < -0.4 is 5.73 Å². The van der Waals surface area contributed by atoms with Gasteiger partial charge in [-0.15, -0.1) is 11.3 Å². The summed E-state index contributed by atoms with van der Waals surface area (Å²) in [6.07, 6.45) is 0.679. The quantitative estimate of drug-likeness (QED) is 0.673. The molecular formula is C21H21FN4O3S. The fourth-order valence-corrected chi connectivity index (χ4v) is 4.73. The molecule has 2 aromatic heterocycles. The number of nitrogens with two attached hydrogens (primary N) is 1. The second-order valence-electron chi connectivity index (χ2n) is 7.63. The van der Waals surface area contributed by atoms with Crippen molar-refractivity contribution in [2.45, 2.75) is 26.7 Å². The van der Waals surface area contributed by atoms with E-state index in [-0.39, 0.29) is 24.7 Å². The molecule has 7 nitrogen and oxygen atoms in total. The average Bonchev–Trinajstić information content (AvgIpc) is 3.42. The number of aryl methyl sites for hydroxylation is 2. The molecule has 1 aliphatic heterocycles. The highest BCUT2D eigenvalue weighted by molar-refractivity contribution is 7.13. The molecule has 1 aliphatic rings. The highest BCUT2D eigenvalue weighted by Crippen LogP contribution is 2.36. The summed E-state index contributed by atoms with van der Waals surface area (Å²) in [6.45, 7) is 4.30. The first-order valence-corrected chi connectivity index (χ1v) is 10.3. The minimum atomic E-state index is -0.928. The third-order valence-electron chi connectivity index (χ3n) is 5.47. The number of amides is 2. The van der Waals surface area contributed by atoms with Crippen LogP contribution >= 0.6 is 11.3 Å². The number of halogens is 1. The largest absolute Gasteiger partial charge is 0.369 e. The van der Waals surface area contributed by atoms with Crippen molar-refractivity contribution in [3.8, 4) is 11.3 Å². The molecule has 2 amide bonds. The molecule has 4 rings (SSSR count). The first kappa shape index (κ1) is 20.2. The van der Waals surface area contributed by atoms with E-state index in [0.29, 0.717) is 40.6 Å². The predicted octanol–water partition coefficient (Wildman–Crippen LogP) is 3.11. The van der Waals surface area contributed by atoms with Gasteiger partial charge in [-0.2, -0.15) is 0 Å². The van der Waals surface area contributed by atoms with Crippen LogP contribution in [0.5, 0.6) is 0 Å². The van der Waals surface area contributed by atoms with Gasteiger partial charge < -0.3 is 15.2 Å². The summed E-state index contributed by atoms with van der Waals surface area (Å²) in [7, 11) is 0. The molecule has 1 fully saturated rings. The maximum absolute atomic E-state index is 13.1. The molecule has 1 unspecified atom stereocenters. The first-order valence-electron chi connectivity index (χ1n) is 9.52. The highest BCUT2D eigenvalue weighted by Gasteiger charge is 2.46. The average molecular weight is 428 g/mol. The number of rotatable bonds is 5. The van der Waals surface area contributed by atoms with Crippen molar-refractivity contribution in [3.63, 3.8) is 0 Å². The molecule has 0 bridgehead atoms. The van der Waals surface area contributed by atoms with Gasteiger partial charge in [0.05, 0.1) is 16.1 Å². The molecule has 30 heavy (non-hydrogen) atoms. The van der Waals surface area contributed by atoms with E-state index >= 15 is 0 Å². The molecule has 3 aromatic rings. The van der Waals surface area contributed by atoms with Gasteiger partial charge in [-0.25, -0.2) is 9.37 Å². The number of aromatic nitrogens is 2. The third-order valence-corrected chi connectivity index (χ3v) is 6.53. The Labute approximate surface area is 176 Å². The Morgan fingerprint density at radius 3 is 2.67 bits per heavy atom. The lowest BCUT2D eigenvalue weighted by molar-refractivity contribution is -0.127. The summed E-state index contributed by atoms with van der Waals surface area (Å²) in [4.78, 5) is 31.9. The minimum Gasteiger partial charge on any atom is -0.369 e. The summed E-state index contributed by atoms with van der Waals surface area (Å²) in [5.74, 6) is -0.454. The topological polar surface area (TPSA) is 102 Å². The van der Waals surface area contributed by atoms with Crippen LogP contribution in [0.4, 0.5) is 4.39 Å². The van der Waals surface area contributed by atoms with E-state index in [2.05, 4.69) is 10.1 Å². The smallest absolute Gasteiger partial charge is 0.265 e. The Morgan fingerprint density at radius 1 is 1.30 bits per heavy atom. The summed E-state index contributed by atoms with van der Waals surface area (Å²) < 4.78 is 18.6. The Hall–Kier alpha value is -3.07. The molecule has 2 N–H and O–H groups in total. The number of hydrogen-bond donors (Lipinski definition) is 1. The van der Waals surface area contributed by atoms with E-state index in [9.17, 15) is 14.0 Å². The number of thiazole rings is 1. The van der Waals surface area contributed by atoms with Crippen molar-refractivity contribution < 1.29 is 18.5 Å². The van der Waals surface area contributed by atoms with Gasteiger partial charge in [0.15, 0.2) is 0 Å². The Bertz CT molecular complexity index is 1110. The Kier molecular flexibility index (Phi) is 5.15. The third kappa shape index (κ3) is 3.72. The van der Waals surface area contributed by atoms with Gasteiger partial charge in [0.1, 0.15) is 22.1 Å². The summed E-state index contributed by atoms with van der Waals surface area (Å²) in [6, 6.07) is 7.63. The van der Waals surface area contributed by atoms with Crippen LogP contribution in [0.2, 0.25) is 0 Å². The number of carbonyl (C=O) groups excluding carboxylic acids is 2. The van der Waals surface area contributed by atoms with Gasteiger partial charge in [0.25, 0.3) is 5.91 Å². The molecular weight excluding hydrogens is 407 g/mol. The monoisotopic (exact) mass is 428 g/mol. The van der Waals surface area contributed by atoms with Crippen molar-refractivity contribution in [2.24, 2.45) is 11.1 Å². The van der Waals surface area contributed by atoms with E-state index in [4.69, 9.17) is 10.3 Å². The number of carbonyl (C=O) groups is 2. The van der Waals surface area contributed by atoms with Crippen molar-refractivity contribution in [1.29, 1.82) is 0 Å². The highest BCUT2D eigenvalue weighted by atomic mass is 32.1. The van der Waals surface area contributed by atoms with Gasteiger partial charge in [-0.1, -0.05) is 5.16 Å². The van der Waals surface area contributed by atoms with Crippen LogP contribution in [0.15, 0.2) is 34.9 Å². The molecule has 3 heterocycles. The van der Waals surface area contributed by atoms with Crippen LogP contribution in [-0.2, 0) is 11.2 Å². The van der Waals surface area contributed by atoms with Gasteiger partial charge in [0.2, 0.25) is 5.91 Å². The fraction of sp³-hybridized carbons (Fsp3) is 0.333. The minimum absolute atomic E-state index is 0.134. The molecule has 0 radical (unpaired) electrons. The second kappa shape index (κ2) is 7.64. The molecule has 1 saturated heterocycles.